The molecule has 1 heterocycles. The Balaban J connectivity index is 2.32. The average Bonchev–Trinajstić information content (AvgIpc) is 2.48. The summed E-state index contributed by atoms with van der Waals surface area (Å²) in [4.78, 5) is 0.304. The Morgan fingerprint density at radius 1 is 0.900 bits per heavy atom. The lowest BCUT2D eigenvalue weighted by Crippen LogP contribution is -2.16. The molecule has 0 atom stereocenters. The van der Waals surface area contributed by atoms with Gasteiger partial charge in [0.2, 0.25) is 9.84 Å². The molecule has 2 aromatic rings. The largest absolute Gasteiger partial charge is 0.410 e. The molecule has 1 aliphatic heterocycles. The molecule has 1 aliphatic rings. The fraction of sp³-hybridized carbons (Fsp3) is 0. The van der Waals surface area contributed by atoms with Crippen LogP contribution in [0.3, 0.4) is 0 Å². The van der Waals surface area contributed by atoms with E-state index in [-0.39, 0.29) is 15.5 Å². The number of oxime groups is 1. The number of fused-ring (bicyclic) bond motifs is 1. The van der Waals surface area contributed by atoms with Crippen molar-refractivity contribution in [1.29, 1.82) is 0 Å². The summed E-state index contributed by atoms with van der Waals surface area (Å²) in [6.45, 7) is 0. The third-order valence-electron chi connectivity index (χ3n) is 3.18. The van der Waals surface area contributed by atoms with E-state index in [2.05, 4.69) is 5.16 Å². The zero-order chi connectivity index (χ0) is 14.2. The van der Waals surface area contributed by atoms with Crippen molar-refractivity contribution in [3.63, 3.8) is 0 Å². The second-order valence-corrected chi connectivity index (χ2v) is 6.25. The van der Waals surface area contributed by atoms with E-state index in [0.717, 1.165) is 0 Å². The van der Waals surface area contributed by atoms with Crippen molar-refractivity contribution in [3.05, 3.63) is 71.8 Å². The monoisotopic (exact) mass is 285 g/mol. The maximum absolute atomic E-state index is 12.7. The second-order valence-electron chi connectivity index (χ2n) is 4.36. The van der Waals surface area contributed by atoms with Gasteiger partial charge in [0.1, 0.15) is 5.71 Å². The Morgan fingerprint density at radius 3 is 2.25 bits per heavy atom. The summed E-state index contributed by atoms with van der Waals surface area (Å²) >= 11 is 0. The first-order valence-corrected chi connectivity index (χ1v) is 7.46. The molecule has 0 radical (unpaired) electrons. The maximum atomic E-state index is 12.7. The van der Waals surface area contributed by atoms with Crippen molar-refractivity contribution < 1.29 is 13.6 Å². The van der Waals surface area contributed by atoms with E-state index in [1.807, 2.05) is 6.07 Å². The molecule has 0 aliphatic carbocycles. The van der Waals surface area contributed by atoms with Gasteiger partial charge in [0.05, 0.1) is 9.80 Å². The van der Waals surface area contributed by atoms with Crippen molar-refractivity contribution in [1.82, 2.24) is 0 Å². The molecule has 0 bridgehead atoms. The Morgan fingerprint density at radius 2 is 1.55 bits per heavy atom. The zero-order valence-corrected chi connectivity index (χ0v) is 11.2. The molecule has 1 N–H and O–H groups in total. The van der Waals surface area contributed by atoms with Gasteiger partial charge in [-0.05, 0) is 17.7 Å². The van der Waals surface area contributed by atoms with Crippen LogP contribution in [0.1, 0.15) is 11.1 Å². The SMILES string of the molecule is O=S1(=O)C(c2ccccc2)=C/C(=N/O)c2ccccc21. The molecule has 100 valence electrons. The van der Waals surface area contributed by atoms with E-state index < -0.39 is 9.84 Å². The van der Waals surface area contributed by atoms with Crippen LogP contribution in [0.2, 0.25) is 0 Å². The van der Waals surface area contributed by atoms with Gasteiger partial charge in [-0.2, -0.15) is 0 Å². The van der Waals surface area contributed by atoms with Crippen LogP contribution in [-0.4, -0.2) is 19.3 Å². The minimum atomic E-state index is -3.61. The molecule has 2 aromatic carbocycles. The summed E-state index contributed by atoms with van der Waals surface area (Å²) in [7, 11) is -3.61. The normalized spacial score (nSPS) is 18.4. The number of hydrogen-bond donors (Lipinski definition) is 1. The molecular formula is C15H11NO3S. The number of benzene rings is 2. The van der Waals surface area contributed by atoms with Gasteiger partial charge in [-0.3, -0.25) is 0 Å². The van der Waals surface area contributed by atoms with Crippen LogP contribution in [0.25, 0.3) is 4.91 Å². The third kappa shape index (κ3) is 1.83. The van der Waals surface area contributed by atoms with Crippen molar-refractivity contribution in [3.8, 4) is 0 Å². The smallest absolute Gasteiger partial charge is 0.207 e. The van der Waals surface area contributed by atoms with Crippen LogP contribution in [0.4, 0.5) is 0 Å². The summed E-state index contributed by atoms with van der Waals surface area (Å²) in [5, 5.41) is 12.3. The third-order valence-corrected chi connectivity index (χ3v) is 5.04. The van der Waals surface area contributed by atoms with Crippen molar-refractivity contribution in [2.45, 2.75) is 4.90 Å². The van der Waals surface area contributed by atoms with E-state index in [4.69, 9.17) is 5.21 Å². The number of hydrogen-bond acceptors (Lipinski definition) is 4. The van der Waals surface area contributed by atoms with Crippen molar-refractivity contribution in [2.75, 3.05) is 0 Å². The van der Waals surface area contributed by atoms with Gasteiger partial charge < -0.3 is 5.21 Å². The molecule has 0 amide bonds. The molecule has 5 heteroatoms. The van der Waals surface area contributed by atoms with Crippen LogP contribution in [0.15, 0.2) is 70.7 Å². The molecule has 0 unspecified atom stereocenters. The van der Waals surface area contributed by atoms with Gasteiger partial charge in [0.15, 0.2) is 0 Å². The molecular weight excluding hydrogens is 274 g/mol. The number of sulfone groups is 1. The fourth-order valence-electron chi connectivity index (χ4n) is 2.23. The molecule has 0 spiro atoms. The second kappa shape index (κ2) is 4.61. The predicted octanol–water partition coefficient (Wildman–Crippen LogP) is 2.69. The van der Waals surface area contributed by atoms with Gasteiger partial charge in [-0.25, -0.2) is 8.42 Å². The van der Waals surface area contributed by atoms with Crippen LogP contribution < -0.4 is 0 Å². The summed E-state index contributed by atoms with van der Waals surface area (Å²) in [6.07, 6.45) is 1.40. The summed E-state index contributed by atoms with van der Waals surface area (Å²) in [5.41, 5.74) is 1.23. The highest BCUT2D eigenvalue weighted by molar-refractivity contribution is 8.00. The highest BCUT2D eigenvalue weighted by Gasteiger charge is 2.31. The van der Waals surface area contributed by atoms with Gasteiger partial charge in [-0.1, -0.05) is 53.7 Å². The Labute approximate surface area is 116 Å². The number of rotatable bonds is 1. The molecule has 0 saturated heterocycles. The maximum Gasteiger partial charge on any atom is 0.207 e. The Hall–Kier alpha value is -2.40. The van der Waals surface area contributed by atoms with E-state index in [0.29, 0.717) is 11.1 Å². The van der Waals surface area contributed by atoms with Gasteiger partial charge in [0.25, 0.3) is 0 Å². The van der Waals surface area contributed by atoms with E-state index in [1.54, 1.807) is 42.5 Å². The number of allylic oxidation sites excluding steroid dienone is 1. The van der Waals surface area contributed by atoms with Crippen LogP contribution in [-0.2, 0) is 9.84 Å². The molecule has 0 fully saturated rings. The highest BCUT2D eigenvalue weighted by atomic mass is 32.2. The highest BCUT2D eigenvalue weighted by Crippen LogP contribution is 2.34. The predicted molar refractivity (Wildman–Crippen MR) is 76.4 cm³/mol. The van der Waals surface area contributed by atoms with Crippen molar-refractivity contribution in [2.24, 2.45) is 5.16 Å². The first kappa shape index (κ1) is 12.6. The molecule has 3 rings (SSSR count). The minimum absolute atomic E-state index is 0.143. The van der Waals surface area contributed by atoms with E-state index in [1.165, 1.54) is 12.1 Å². The minimum Gasteiger partial charge on any atom is -0.410 e. The first-order valence-electron chi connectivity index (χ1n) is 5.98. The topological polar surface area (TPSA) is 66.7 Å². The van der Waals surface area contributed by atoms with Crippen molar-refractivity contribution >= 4 is 20.5 Å². The summed E-state index contributed by atoms with van der Waals surface area (Å²) < 4.78 is 25.3. The standard InChI is InChI=1S/C15H11NO3S/c17-16-13-10-15(11-6-2-1-3-7-11)20(18,19)14-9-5-4-8-12(13)14/h1-10,17H/b16-13-. The van der Waals surface area contributed by atoms with Crippen LogP contribution in [0.5, 0.6) is 0 Å². The Kier molecular flexibility index (Phi) is 2.91. The molecule has 4 nitrogen and oxygen atoms in total. The lowest BCUT2D eigenvalue weighted by molar-refractivity contribution is 0.320. The van der Waals surface area contributed by atoms with Gasteiger partial charge in [0, 0.05) is 5.56 Å². The van der Waals surface area contributed by atoms with E-state index >= 15 is 0 Å². The van der Waals surface area contributed by atoms with E-state index in [9.17, 15) is 8.42 Å². The zero-order valence-electron chi connectivity index (χ0n) is 10.4. The van der Waals surface area contributed by atoms with Gasteiger partial charge in [-0.15, -0.1) is 0 Å². The lowest BCUT2D eigenvalue weighted by Gasteiger charge is -2.18. The Bertz CT molecular complexity index is 821. The quantitative estimate of drug-likeness (QED) is 0.647. The lowest BCUT2D eigenvalue weighted by atomic mass is 10.1. The van der Waals surface area contributed by atoms with Crippen LogP contribution in [0, 0.1) is 0 Å². The average molecular weight is 285 g/mol. The van der Waals surface area contributed by atoms with Gasteiger partial charge >= 0.3 is 0 Å². The molecule has 0 saturated carbocycles. The number of nitrogens with zero attached hydrogens (tertiary/aromatic N) is 1. The fourth-order valence-corrected chi connectivity index (χ4v) is 3.90. The first-order chi connectivity index (χ1) is 9.64. The van der Waals surface area contributed by atoms with Crippen LogP contribution >= 0.6 is 0 Å². The molecule has 0 aromatic heterocycles. The molecule has 20 heavy (non-hydrogen) atoms. The summed E-state index contributed by atoms with van der Waals surface area (Å²) in [6, 6.07) is 15.3. The summed E-state index contributed by atoms with van der Waals surface area (Å²) in [5.74, 6) is 0.